The summed E-state index contributed by atoms with van der Waals surface area (Å²) in [4.78, 5) is 7.84. The van der Waals surface area contributed by atoms with E-state index >= 15 is 0 Å². The van der Waals surface area contributed by atoms with Crippen LogP contribution in [0.15, 0.2) is 18.6 Å². The highest BCUT2D eigenvalue weighted by molar-refractivity contribution is 5.86. The van der Waals surface area contributed by atoms with Gasteiger partial charge in [0.2, 0.25) is 0 Å². The molecule has 0 saturated carbocycles. The smallest absolute Gasteiger partial charge is 0.173 e. The molecule has 0 spiro atoms. The molecule has 0 bridgehead atoms. The molecule has 1 aliphatic rings. The number of aromatic nitrogens is 3. The standard InChI is InChI=1S/C13H17FN4O5/c14-7-9(21)10(22)8(20)6(3-19)23-13(7)18-2-1-5-11(15)16-4-17-12(5)18/h1-2,4,6-10,13,19-22H,3H2,(H2,15,16,17)/t6-,7+,8-,9+,10+,13-/m1/s1. The topological polar surface area (TPSA) is 147 Å². The van der Waals surface area contributed by atoms with Gasteiger partial charge in [-0.2, -0.15) is 0 Å². The Labute approximate surface area is 129 Å². The first-order chi connectivity index (χ1) is 11.0. The van der Waals surface area contributed by atoms with Gasteiger partial charge in [0.15, 0.2) is 12.4 Å². The lowest BCUT2D eigenvalue weighted by atomic mass is 10.0. The molecule has 0 aliphatic carbocycles. The minimum atomic E-state index is -2.07. The van der Waals surface area contributed by atoms with Crippen LogP contribution in [0.3, 0.4) is 0 Å². The van der Waals surface area contributed by atoms with E-state index in [9.17, 15) is 24.8 Å². The molecular weight excluding hydrogens is 311 g/mol. The van der Waals surface area contributed by atoms with Crippen LogP contribution in [-0.2, 0) is 4.74 Å². The van der Waals surface area contributed by atoms with Crippen molar-refractivity contribution >= 4 is 16.9 Å². The van der Waals surface area contributed by atoms with Crippen molar-refractivity contribution in [2.45, 2.75) is 36.8 Å². The van der Waals surface area contributed by atoms with Crippen LogP contribution in [0.1, 0.15) is 6.23 Å². The van der Waals surface area contributed by atoms with E-state index in [1.807, 2.05) is 0 Å². The average molecular weight is 328 g/mol. The molecule has 0 amide bonds. The number of nitrogens with zero attached hydrogens (tertiary/aromatic N) is 3. The van der Waals surface area contributed by atoms with Crippen molar-refractivity contribution in [2.24, 2.45) is 0 Å². The molecule has 23 heavy (non-hydrogen) atoms. The van der Waals surface area contributed by atoms with Crippen LogP contribution in [0.5, 0.6) is 0 Å². The Morgan fingerprint density at radius 1 is 1.22 bits per heavy atom. The van der Waals surface area contributed by atoms with Crippen molar-refractivity contribution in [2.75, 3.05) is 12.3 Å². The fraction of sp³-hybridized carbons (Fsp3) is 0.538. The van der Waals surface area contributed by atoms with Gasteiger partial charge in [0, 0.05) is 6.20 Å². The fourth-order valence-corrected chi connectivity index (χ4v) is 2.68. The van der Waals surface area contributed by atoms with Crippen molar-refractivity contribution in [3.05, 3.63) is 18.6 Å². The highest BCUT2D eigenvalue weighted by atomic mass is 19.1. The molecule has 6 atom stereocenters. The van der Waals surface area contributed by atoms with E-state index in [2.05, 4.69) is 9.97 Å². The van der Waals surface area contributed by atoms with E-state index in [0.29, 0.717) is 5.39 Å². The zero-order valence-electron chi connectivity index (χ0n) is 11.9. The van der Waals surface area contributed by atoms with Gasteiger partial charge in [-0.15, -0.1) is 0 Å². The Morgan fingerprint density at radius 3 is 2.65 bits per heavy atom. The average Bonchev–Trinajstić information content (AvgIpc) is 2.95. The van der Waals surface area contributed by atoms with Gasteiger partial charge in [0.25, 0.3) is 0 Å². The van der Waals surface area contributed by atoms with Gasteiger partial charge in [-0.3, -0.25) is 0 Å². The van der Waals surface area contributed by atoms with Crippen LogP contribution in [0, 0.1) is 0 Å². The van der Waals surface area contributed by atoms with Gasteiger partial charge >= 0.3 is 0 Å². The number of hydrogen-bond acceptors (Lipinski definition) is 8. The number of alkyl halides is 1. The van der Waals surface area contributed by atoms with Crippen LogP contribution >= 0.6 is 0 Å². The lowest BCUT2D eigenvalue weighted by Gasteiger charge is -2.25. The lowest BCUT2D eigenvalue weighted by molar-refractivity contribution is -0.137. The number of aliphatic hydroxyl groups excluding tert-OH is 4. The maximum absolute atomic E-state index is 14.6. The summed E-state index contributed by atoms with van der Waals surface area (Å²) in [6, 6.07) is 1.55. The molecule has 3 heterocycles. The van der Waals surface area contributed by atoms with Crippen LogP contribution in [0.25, 0.3) is 11.0 Å². The number of nitrogens with two attached hydrogens (primary N) is 1. The summed E-state index contributed by atoms with van der Waals surface area (Å²) in [6.07, 6.45) is -7.46. The molecule has 10 heteroatoms. The normalized spacial score (nSPS) is 35.3. The number of ether oxygens (including phenoxy) is 1. The summed E-state index contributed by atoms with van der Waals surface area (Å²) in [6.45, 7) is -0.662. The maximum atomic E-state index is 14.6. The molecule has 1 aliphatic heterocycles. The molecule has 9 nitrogen and oxygen atoms in total. The van der Waals surface area contributed by atoms with Crippen LogP contribution in [0.4, 0.5) is 10.2 Å². The number of aliphatic hydroxyl groups is 4. The summed E-state index contributed by atoms with van der Waals surface area (Å²) in [7, 11) is 0. The second kappa shape index (κ2) is 5.98. The van der Waals surface area contributed by atoms with Crippen molar-refractivity contribution < 1.29 is 29.6 Å². The van der Waals surface area contributed by atoms with E-state index < -0.39 is 43.4 Å². The third-order valence-electron chi connectivity index (χ3n) is 3.99. The molecule has 2 aromatic heterocycles. The predicted molar refractivity (Wildman–Crippen MR) is 75.9 cm³/mol. The molecule has 2 aromatic rings. The molecule has 1 fully saturated rings. The molecule has 6 N–H and O–H groups in total. The summed E-state index contributed by atoms with van der Waals surface area (Å²) in [5.41, 5.74) is 5.98. The second-order valence-electron chi connectivity index (χ2n) is 5.38. The van der Waals surface area contributed by atoms with Gasteiger partial charge in [0.1, 0.15) is 42.2 Å². The van der Waals surface area contributed by atoms with Gasteiger partial charge in [-0.1, -0.05) is 0 Å². The van der Waals surface area contributed by atoms with E-state index in [4.69, 9.17) is 10.5 Å². The molecular formula is C13H17FN4O5. The molecule has 0 aromatic carbocycles. The van der Waals surface area contributed by atoms with E-state index in [1.54, 1.807) is 6.07 Å². The largest absolute Gasteiger partial charge is 0.394 e. The second-order valence-corrected chi connectivity index (χ2v) is 5.38. The number of rotatable bonds is 2. The Morgan fingerprint density at radius 2 is 1.96 bits per heavy atom. The van der Waals surface area contributed by atoms with Crippen molar-refractivity contribution in [3.63, 3.8) is 0 Å². The zero-order valence-corrected chi connectivity index (χ0v) is 11.9. The predicted octanol–water partition coefficient (Wildman–Crippen LogP) is -1.68. The summed E-state index contributed by atoms with van der Waals surface area (Å²) < 4.78 is 21.3. The minimum absolute atomic E-state index is 0.192. The minimum Gasteiger partial charge on any atom is -0.394 e. The van der Waals surface area contributed by atoms with Crippen LogP contribution in [0.2, 0.25) is 0 Å². The van der Waals surface area contributed by atoms with Gasteiger partial charge in [-0.05, 0) is 6.07 Å². The first-order valence-electron chi connectivity index (χ1n) is 6.97. The SMILES string of the molecule is Nc1ncnc2c1ccn2[C@@H]1O[C@H](CO)[C@@H](O)[C@H](O)[C@@H](O)[C@@H]1F. The number of nitrogen functional groups attached to an aromatic ring is 1. The lowest BCUT2D eigenvalue weighted by Crippen LogP contribution is -2.46. The molecule has 1 saturated heterocycles. The Kier molecular flexibility index (Phi) is 4.17. The highest BCUT2D eigenvalue weighted by Gasteiger charge is 2.46. The van der Waals surface area contributed by atoms with E-state index in [0.717, 1.165) is 0 Å². The van der Waals surface area contributed by atoms with E-state index in [1.165, 1.54) is 17.1 Å². The first kappa shape index (κ1) is 16.0. The van der Waals surface area contributed by atoms with Gasteiger partial charge < -0.3 is 35.5 Å². The Balaban J connectivity index is 2.06. The highest BCUT2D eigenvalue weighted by Crippen LogP contribution is 2.32. The third kappa shape index (κ3) is 2.54. The van der Waals surface area contributed by atoms with Crippen molar-refractivity contribution in [3.8, 4) is 0 Å². The number of fused-ring (bicyclic) bond motifs is 1. The number of halogens is 1. The molecule has 0 radical (unpaired) electrons. The summed E-state index contributed by atoms with van der Waals surface area (Å²) in [5, 5.41) is 39.3. The van der Waals surface area contributed by atoms with E-state index in [-0.39, 0.29) is 11.5 Å². The summed E-state index contributed by atoms with van der Waals surface area (Å²) in [5.74, 6) is 0.192. The quantitative estimate of drug-likeness (QED) is 0.439. The Hall–Kier alpha value is -1.85. The molecule has 3 rings (SSSR count). The Bertz CT molecular complexity index is 696. The third-order valence-corrected chi connectivity index (χ3v) is 3.99. The van der Waals surface area contributed by atoms with Crippen LogP contribution in [-0.4, -0.2) is 72.2 Å². The fourth-order valence-electron chi connectivity index (χ4n) is 2.68. The van der Waals surface area contributed by atoms with Crippen molar-refractivity contribution in [1.82, 2.24) is 14.5 Å². The van der Waals surface area contributed by atoms with Gasteiger partial charge in [-0.25, -0.2) is 14.4 Å². The molecule has 0 unspecified atom stereocenters. The number of hydrogen-bond donors (Lipinski definition) is 5. The molecule has 126 valence electrons. The van der Waals surface area contributed by atoms with Crippen molar-refractivity contribution in [1.29, 1.82) is 0 Å². The van der Waals surface area contributed by atoms with Crippen LogP contribution < -0.4 is 5.73 Å². The zero-order chi connectivity index (χ0) is 16.7. The summed E-state index contributed by atoms with van der Waals surface area (Å²) >= 11 is 0. The maximum Gasteiger partial charge on any atom is 0.173 e. The monoisotopic (exact) mass is 328 g/mol. The van der Waals surface area contributed by atoms with Gasteiger partial charge in [0.05, 0.1) is 12.0 Å². The number of anilines is 1. The first-order valence-corrected chi connectivity index (χ1v) is 6.97.